The van der Waals surface area contributed by atoms with Gasteiger partial charge in [-0.2, -0.15) is 0 Å². The van der Waals surface area contributed by atoms with Crippen molar-refractivity contribution in [3.05, 3.63) is 53.8 Å². The number of aromatic nitrogens is 1. The smallest absolute Gasteiger partial charge is 0.335 e. The molecule has 19 heavy (non-hydrogen) atoms. The van der Waals surface area contributed by atoms with E-state index in [1.807, 2.05) is 0 Å². The fraction of sp³-hybridized carbons (Fsp3) is 0. The highest BCUT2D eigenvalue weighted by Crippen LogP contribution is 2.31. The molecule has 0 spiro atoms. The van der Waals surface area contributed by atoms with E-state index in [-0.39, 0.29) is 11.4 Å². The van der Waals surface area contributed by atoms with E-state index in [2.05, 4.69) is 4.98 Å². The lowest BCUT2D eigenvalue weighted by Crippen LogP contribution is -1.94. The second-order valence-electron chi connectivity index (χ2n) is 3.99. The molecule has 0 bridgehead atoms. The first-order valence-corrected chi connectivity index (χ1v) is 6.35. The number of carboxylic acid groups (broad SMARTS) is 1. The van der Waals surface area contributed by atoms with Gasteiger partial charge in [0.2, 0.25) is 0 Å². The molecule has 0 unspecified atom stereocenters. The molecule has 0 saturated carbocycles. The minimum absolute atomic E-state index is 0.179. The monoisotopic (exact) mass is 273 g/mol. The fourth-order valence-electron chi connectivity index (χ4n) is 1.81. The number of rotatable bonds is 2. The van der Waals surface area contributed by atoms with Gasteiger partial charge in [0.1, 0.15) is 10.8 Å². The number of carbonyl (C=O) groups is 1. The summed E-state index contributed by atoms with van der Waals surface area (Å²) in [5, 5.41) is 9.48. The molecule has 3 aromatic rings. The van der Waals surface area contributed by atoms with Gasteiger partial charge in [-0.1, -0.05) is 12.1 Å². The summed E-state index contributed by atoms with van der Waals surface area (Å²) in [6.45, 7) is 0. The van der Waals surface area contributed by atoms with Crippen molar-refractivity contribution in [1.82, 2.24) is 4.98 Å². The van der Waals surface area contributed by atoms with E-state index in [9.17, 15) is 9.18 Å². The maximum Gasteiger partial charge on any atom is 0.335 e. The van der Waals surface area contributed by atoms with Crippen molar-refractivity contribution in [2.24, 2.45) is 0 Å². The van der Waals surface area contributed by atoms with Crippen LogP contribution in [0.2, 0.25) is 0 Å². The number of fused-ring (bicyclic) bond motifs is 1. The van der Waals surface area contributed by atoms with E-state index in [0.29, 0.717) is 16.1 Å². The summed E-state index contributed by atoms with van der Waals surface area (Å²) >= 11 is 1.34. The van der Waals surface area contributed by atoms with Crippen LogP contribution in [-0.4, -0.2) is 16.1 Å². The maximum absolute atomic E-state index is 13.7. The van der Waals surface area contributed by atoms with E-state index in [1.165, 1.54) is 29.5 Å². The van der Waals surface area contributed by atoms with Crippen molar-refractivity contribution >= 4 is 27.5 Å². The fourth-order valence-corrected chi connectivity index (χ4v) is 2.78. The minimum atomic E-state index is -0.998. The Kier molecular flexibility index (Phi) is 2.76. The van der Waals surface area contributed by atoms with Gasteiger partial charge in [0.05, 0.1) is 15.8 Å². The zero-order valence-electron chi connectivity index (χ0n) is 9.63. The average Bonchev–Trinajstić information content (AvgIpc) is 2.81. The third-order valence-electron chi connectivity index (χ3n) is 2.74. The minimum Gasteiger partial charge on any atom is -0.478 e. The molecule has 0 atom stereocenters. The van der Waals surface area contributed by atoms with Gasteiger partial charge in [-0.05, 0) is 30.3 Å². The van der Waals surface area contributed by atoms with Crippen LogP contribution >= 0.6 is 11.3 Å². The van der Waals surface area contributed by atoms with Crippen molar-refractivity contribution in [1.29, 1.82) is 0 Å². The van der Waals surface area contributed by atoms with Gasteiger partial charge in [0.15, 0.2) is 0 Å². The molecule has 5 heteroatoms. The lowest BCUT2D eigenvalue weighted by Gasteiger charge is -1.96. The lowest BCUT2D eigenvalue weighted by molar-refractivity contribution is 0.0697. The Bertz CT molecular complexity index is 782. The lowest BCUT2D eigenvalue weighted by atomic mass is 10.2. The largest absolute Gasteiger partial charge is 0.478 e. The summed E-state index contributed by atoms with van der Waals surface area (Å²) in [4.78, 5) is 15.2. The van der Waals surface area contributed by atoms with E-state index < -0.39 is 5.97 Å². The highest BCUT2D eigenvalue weighted by atomic mass is 32.1. The standard InChI is InChI=1S/C14H8FNO2S/c15-10-4-2-1-3-9(10)13-16-11-7-8(14(17)18)5-6-12(11)19-13/h1-7H,(H,17,18). The maximum atomic E-state index is 13.7. The SMILES string of the molecule is O=C(O)c1ccc2sc(-c3ccccc3F)nc2c1. The number of hydrogen-bond acceptors (Lipinski definition) is 3. The Morgan fingerprint density at radius 2 is 2.00 bits per heavy atom. The van der Waals surface area contributed by atoms with Crippen LogP contribution in [0.5, 0.6) is 0 Å². The molecule has 0 amide bonds. The van der Waals surface area contributed by atoms with Crippen molar-refractivity contribution in [3.63, 3.8) is 0 Å². The third kappa shape index (κ3) is 2.08. The molecular formula is C14H8FNO2S. The second kappa shape index (κ2) is 4.44. The van der Waals surface area contributed by atoms with E-state index in [4.69, 9.17) is 5.11 Å². The van der Waals surface area contributed by atoms with Crippen LogP contribution in [0.3, 0.4) is 0 Å². The van der Waals surface area contributed by atoms with Gasteiger partial charge in [0.25, 0.3) is 0 Å². The summed E-state index contributed by atoms with van der Waals surface area (Å²) in [6, 6.07) is 11.1. The molecule has 1 aromatic heterocycles. The molecule has 94 valence electrons. The average molecular weight is 273 g/mol. The van der Waals surface area contributed by atoms with Crippen LogP contribution in [0.4, 0.5) is 4.39 Å². The predicted octanol–water partition coefficient (Wildman–Crippen LogP) is 3.80. The third-order valence-corrected chi connectivity index (χ3v) is 3.81. The number of benzene rings is 2. The van der Waals surface area contributed by atoms with E-state index >= 15 is 0 Å². The zero-order valence-corrected chi connectivity index (χ0v) is 10.4. The van der Waals surface area contributed by atoms with Crippen LogP contribution in [0.25, 0.3) is 20.8 Å². The predicted molar refractivity (Wildman–Crippen MR) is 72.0 cm³/mol. The first-order chi connectivity index (χ1) is 9.15. The Morgan fingerprint density at radius 3 is 2.74 bits per heavy atom. The Labute approximate surface area is 112 Å². The molecule has 0 aliphatic heterocycles. The van der Waals surface area contributed by atoms with Crippen molar-refractivity contribution in [2.75, 3.05) is 0 Å². The molecule has 3 rings (SSSR count). The van der Waals surface area contributed by atoms with E-state index in [1.54, 1.807) is 24.3 Å². The molecule has 1 N–H and O–H groups in total. The van der Waals surface area contributed by atoms with Gasteiger partial charge in [-0.25, -0.2) is 14.2 Å². The molecular weight excluding hydrogens is 265 g/mol. The van der Waals surface area contributed by atoms with Gasteiger partial charge in [-0.3, -0.25) is 0 Å². The number of thiazole rings is 1. The normalized spacial score (nSPS) is 10.8. The quantitative estimate of drug-likeness (QED) is 0.772. The number of hydrogen-bond donors (Lipinski definition) is 1. The van der Waals surface area contributed by atoms with Gasteiger partial charge in [0, 0.05) is 5.56 Å². The van der Waals surface area contributed by atoms with Crippen LogP contribution < -0.4 is 0 Å². The molecule has 2 aromatic carbocycles. The molecule has 3 nitrogen and oxygen atoms in total. The summed E-state index contributed by atoms with van der Waals surface area (Å²) in [5.74, 6) is -1.33. The summed E-state index contributed by atoms with van der Waals surface area (Å²) in [5.41, 5.74) is 1.18. The molecule has 1 heterocycles. The number of nitrogens with zero attached hydrogens (tertiary/aromatic N) is 1. The molecule has 0 fully saturated rings. The molecule has 0 aliphatic rings. The molecule has 0 radical (unpaired) electrons. The highest BCUT2D eigenvalue weighted by Gasteiger charge is 2.11. The van der Waals surface area contributed by atoms with Crippen molar-refractivity contribution in [3.8, 4) is 10.6 Å². The molecule has 0 aliphatic carbocycles. The number of halogens is 1. The Balaban J connectivity index is 2.17. The van der Waals surface area contributed by atoms with Crippen molar-refractivity contribution < 1.29 is 14.3 Å². The Morgan fingerprint density at radius 1 is 1.21 bits per heavy atom. The van der Waals surface area contributed by atoms with Crippen LogP contribution in [0.15, 0.2) is 42.5 Å². The van der Waals surface area contributed by atoms with Crippen molar-refractivity contribution in [2.45, 2.75) is 0 Å². The molecule has 0 saturated heterocycles. The highest BCUT2D eigenvalue weighted by molar-refractivity contribution is 7.21. The van der Waals surface area contributed by atoms with Gasteiger partial charge < -0.3 is 5.11 Å². The van der Waals surface area contributed by atoms with E-state index in [0.717, 1.165) is 4.70 Å². The van der Waals surface area contributed by atoms with Crippen LogP contribution in [0.1, 0.15) is 10.4 Å². The zero-order chi connectivity index (χ0) is 13.4. The summed E-state index contributed by atoms with van der Waals surface area (Å²) < 4.78 is 14.5. The van der Waals surface area contributed by atoms with Gasteiger partial charge in [-0.15, -0.1) is 11.3 Å². The van der Waals surface area contributed by atoms with Gasteiger partial charge >= 0.3 is 5.97 Å². The Hall–Kier alpha value is -2.27. The topological polar surface area (TPSA) is 50.2 Å². The summed E-state index contributed by atoms with van der Waals surface area (Å²) in [7, 11) is 0. The number of aromatic carboxylic acids is 1. The van der Waals surface area contributed by atoms with Crippen LogP contribution in [-0.2, 0) is 0 Å². The second-order valence-corrected chi connectivity index (χ2v) is 5.02. The van der Waals surface area contributed by atoms with Crippen LogP contribution in [0, 0.1) is 5.82 Å². The first kappa shape index (κ1) is 11.8. The number of carboxylic acids is 1. The first-order valence-electron chi connectivity index (χ1n) is 5.54. The summed E-state index contributed by atoms with van der Waals surface area (Å²) in [6.07, 6.45) is 0.